The molecular weight excluding hydrogens is 322 g/mol. The van der Waals surface area contributed by atoms with E-state index in [0.29, 0.717) is 6.42 Å². The molecule has 1 N–H and O–H groups in total. The number of carbonyl (C=O) groups is 1. The van der Waals surface area contributed by atoms with Gasteiger partial charge in [0.1, 0.15) is 0 Å². The molecule has 0 saturated heterocycles. The number of carbonyl (C=O) groups excluding carboxylic acids is 1. The molecule has 1 aromatic heterocycles. The van der Waals surface area contributed by atoms with Crippen LogP contribution >= 0.6 is 23.1 Å². The Kier molecular flexibility index (Phi) is 5.79. The summed E-state index contributed by atoms with van der Waals surface area (Å²) in [6.07, 6.45) is 5.52. The molecule has 0 unspecified atom stereocenters. The molecule has 1 aliphatic rings. The fourth-order valence-electron chi connectivity index (χ4n) is 3.32. The third-order valence-electron chi connectivity index (χ3n) is 4.66. The summed E-state index contributed by atoms with van der Waals surface area (Å²) in [7, 11) is 0. The highest BCUT2D eigenvalue weighted by molar-refractivity contribution is 7.99. The van der Waals surface area contributed by atoms with Crippen molar-refractivity contribution >= 4 is 29.0 Å². The summed E-state index contributed by atoms with van der Waals surface area (Å²) >= 11 is 3.50. The van der Waals surface area contributed by atoms with Gasteiger partial charge in [-0.3, -0.25) is 4.79 Å². The lowest BCUT2D eigenvalue weighted by Crippen LogP contribution is -2.38. The van der Waals surface area contributed by atoms with Crippen LogP contribution in [0.25, 0.3) is 0 Å². The second kappa shape index (κ2) is 8.02. The number of benzene rings is 1. The van der Waals surface area contributed by atoms with Crippen molar-refractivity contribution < 1.29 is 4.79 Å². The van der Waals surface area contributed by atoms with Gasteiger partial charge in [-0.1, -0.05) is 31.0 Å². The van der Waals surface area contributed by atoms with Crippen molar-refractivity contribution in [3.05, 3.63) is 52.7 Å². The minimum atomic E-state index is 0.176. The average Bonchev–Trinajstić information content (AvgIpc) is 3.26. The van der Waals surface area contributed by atoms with Crippen molar-refractivity contribution in [3.63, 3.8) is 0 Å². The van der Waals surface area contributed by atoms with Gasteiger partial charge in [-0.15, -0.1) is 11.8 Å². The lowest BCUT2D eigenvalue weighted by atomic mass is 9.80. The molecule has 1 fully saturated rings. The molecule has 0 bridgehead atoms. The molecule has 0 aliphatic heterocycles. The first kappa shape index (κ1) is 16.6. The molecule has 0 atom stereocenters. The molecule has 1 heterocycles. The predicted molar refractivity (Wildman–Crippen MR) is 99.3 cm³/mol. The van der Waals surface area contributed by atoms with Crippen LogP contribution in [0.1, 0.15) is 37.7 Å². The van der Waals surface area contributed by atoms with Crippen LogP contribution < -0.4 is 5.32 Å². The fraction of sp³-hybridized carbons (Fsp3) is 0.421. The molecular formula is C19H23NOS2. The summed E-state index contributed by atoms with van der Waals surface area (Å²) in [5.74, 6) is 1.01. The van der Waals surface area contributed by atoms with Gasteiger partial charge in [-0.05, 0) is 47.4 Å². The summed E-state index contributed by atoms with van der Waals surface area (Å²) in [6.45, 7) is 0.790. The molecule has 2 nitrogen and oxygen atoms in total. The van der Waals surface area contributed by atoms with E-state index in [9.17, 15) is 4.79 Å². The van der Waals surface area contributed by atoms with Crippen molar-refractivity contribution in [2.45, 2.75) is 42.4 Å². The van der Waals surface area contributed by atoms with E-state index in [0.717, 1.165) is 12.3 Å². The molecule has 4 heteroatoms. The summed E-state index contributed by atoms with van der Waals surface area (Å²) in [4.78, 5) is 13.4. The molecule has 1 aromatic carbocycles. The quantitative estimate of drug-likeness (QED) is 0.726. The number of hydrogen-bond donors (Lipinski definition) is 1. The molecule has 2 aromatic rings. The van der Waals surface area contributed by atoms with Gasteiger partial charge < -0.3 is 5.32 Å². The molecule has 23 heavy (non-hydrogen) atoms. The number of nitrogens with one attached hydrogen (secondary N) is 1. The Labute approximate surface area is 146 Å². The average molecular weight is 346 g/mol. The third-order valence-corrected chi connectivity index (χ3v) is 6.36. The number of thioether (sulfide) groups is 1. The van der Waals surface area contributed by atoms with Gasteiger partial charge in [0.25, 0.3) is 0 Å². The van der Waals surface area contributed by atoms with Crippen LogP contribution in [0.4, 0.5) is 0 Å². The lowest BCUT2D eigenvalue weighted by molar-refractivity contribution is -0.120. The summed E-state index contributed by atoms with van der Waals surface area (Å²) in [6, 6.07) is 12.5. The van der Waals surface area contributed by atoms with Gasteiger partial charge in [0.05, 0.1) is 0 Å². The van der Waals surface area contributed by atoms with Crippen molar-refractivity contribution in [3.8, 4) is 0 Å². The normalized spacial score (nSPS) is 16.3. The van der Waals surface area contributed by atoms with E-state index in [1.54, 1.807) is 23.1 Å². The van der Waals surface area contributed by atoms with Gasteiger partial charge in [0.15, 0.2) is 0 Å². The highest BCUT2D eigenvalue weighted by Crippen LogP contribution is 2.41. The molecule has 3 rings (SSSR count). The first-order chi connectivity index (χ1) is 11.3. The third kappa shape index (κ3) is 4.39. The maximum Gasteiger partial charge on any atom is 0.220 e. The smallest absolute Gasteiger partial charge is 0.220 e. The van der Waals surface area contributed by atoms with Crippen LogP contribution in [0.5, 0.6) is 0 Å². The second-order valence-corrected chi connectivity index (χ2v) is 8.14. The highest BCUT2D eigenvalue weighted by Gasteiger charge is 2.36. The van der Waals surface area contributed by atoms with E-state index in [1.807, 2.05) is 18.2 Å². The maximum atomic E-state index is 12.2. The van der Waals surface area contributed by atoms with E-state index < -0.39 is 0 Å². The molecule has 1 amide bonds. The monoisotopic (exact) mass is 345 g/mol. The molecule has 1 saturated carbocycles. The lowest BCUT2D eigenvalue weighted by Gasteiger charge is -2.28. The largest absolute Gasteiger partial charge is 0.355 e. The zero-order chi connectivity index (χ0) is 16.0. The second-order valence-electron chi connectivity index (χ2n) is 6.19. The van der Waals surface area contributed by atoms with Crippen molar-refractivity contribution in [2.24, 2.45) is 0 Å². The minimum absolute atomic E-state index is 0.176. The summed E-state index contributed by atoms with van der Waals surface area (Å²) < 4.78 is 0. The van der Waals surface area contributed by atoms with E-state index in [1.165, 1.54) is 36.1 Å². The zero-order valence-corrected chi connectivity index (χ0v) is 14.9. The number of rotatable bonds is 7. The Balaban J connectivity index is 1.46. The van der Waals surface area contributed by atoms with E-state index >= 15 is 0 Å². The van der Waals surface area contributed by atoms with Gasteiger partial charge in [0, 0.05) is 29.0 Å². The maximum absolute atomic E-state index is 12.2. The standard InChI is InChI=1S/C19H23NOS2/c21-18(9-13-23-17-6-2-1-3-7-17)20-15-19(10-4-5-11-19)16-8-12-22-14-16/h1-3,6-8,12,14H,4-5,9-11,13,15H2,(H,20,21). The number of amides is 1. The van der Waals surface area contributed by atoms with Crippen LogP contribution in [-0.2, 0) is 10.2 Å². The van der Waals surface area contributed by atoms with Gasteiger partial charge in [-0.2, -0.15) is 11.3 Å². The van der Waals surface area contributed by atoms with E-state index in [4.69, 9.17) is 0 Å². The van der Waals surface area contributed by atoms with Crippen LogP contribution in [0.3, 0.4) is 0 Å². The van der Waals surface area contributed by atoms with Gasteiger partial charge >= 0.3 is 0 Å². The summed E-state index contributed by atoms with van der Waals surface area (Å²) in [5, 5.41) is 7.59. The Morgan fingerprint density at radius 3 is 2.65 bits per heavy atom. The van der Waals surface area contributed by atoms with Crippen molar-refractivity contribution in [1.82, 2.24) is 5.32 Å². The van der Waals surface area contributed by atoms with E-state index in [-0.39, 0.29) is 11.3 Å². The number of thiophene rings is 1. The first-order valence-corrected chi connectivity index (χ1v) is 10.2. The highest BCUT2D eigenvalue weighted by atomic mass is 32.2. The van der Waals surface area contributed by atoms with Crippen LogP contribution in [0.2, 0.25) is 0 Å². The molecule has 0 radical (unpaired) electrons. The number of hydrogen-bond acceptors (Lipinski definition) is 3. The van der Waals surface area contributed by atoms with Crippen molar-refractivity contribution in [1.29, 1.82) is 0 Å². The van der Waals surface area contributed by atoms with E-state index in [2.05, 4.69) is 34.3 Å². The molecule has 122 valence electrons. The first-order valence-electron chi connectivity index (χ1n) is 8.26. The van der Waals surface area contributed by atoms with Crippen LogP contribution in [-0.4, -0.2) is 18.2 Å². The Hall–Kier alpha value is -1.26. The topological polar surface area (TPSA) is 29.1 Å². The van der Waals surface area contributed by atoms with Gasteiger partial charge in [0.2, 0.25) is 5.91 Å². The van der Waals surface area contributed by atoms with Crippen LogP contribution in [0, 0.1) is 0 Å². The Morgan fingerprint density at radius 1 is 1.17 bits per heavy atom. The molecule has 1 aliphatic carbocycles. The molecule has 0 spiro atoms. The Morgan fingerprint density at radius 2 is 1.96 bits per heavy atom. The summed E-state index contributed by atoms with van der Waals surface area (Å²) in [5.41, 5.74) is 1.60. The van der Waals surface area contributed by atoms with Gasteiger partial charge in [-0.25, -0.2) is 0 Å². The predicted octanol–water partition coefficient (Wildman–Crippen LogP) is 4.86. The fourth-order valence-corrected chi connectivity index (χ4v) is 4.97. The zero-order valence-electron chi connectivity index (χ0n) is 13.3. The minimum Gasteiger partial charge on any atom is -0.355 e. The van der Waals surface area contributed by atoms with Crippen molar-refractivity contribution in [2.75, 3.05) is 12.3 Å². The SMILES string of the molecule is O=C(CCSc1ccccc1)NCC1(c2ccsc2)CCCC1. The Bertz CT molecular complexity index is 604. The van der Waals surface area contributed by atoms with Crippen LogP contribution in [0.15, 0.2) is 52.1 Å².